The zero-order valence-electron chi connectivity index (χ0n) is 13.9. The van der Waals surface area contributed by atoms with Crippen molar-refractivity contribution in [2.75, 3.05) is 19.4 Å². The Balaban J connectivity index is 1.62. The Kier molecular flexibility index (Phi) is 4.10. The average Bonchev–Trinajstić information content (AvgIpc) is 3.00. The van der Waals surface area contributed by atoms with Crippen molar-refractivity contribution in [1.82, 2.24) is 14.9 Å². The van der Waals surface area contributed by atoms with Crippen LogP contribution in [-0.4, -0.2) is 34.4 Å². The van der Waals surface area contributed by atoms with Crippen LogP contribution >= 0.6 is 11.3 Å². The number of carbonyl (C=O) groups is 1. The molecule has 0 spiro atoms. The first-order valence-corrected chi connectivity index (χ1v) is 8.87. The highest BCUT2D eigenvalue weighted by molar-refractivity contribution is 7.19. The summed E-state index contributed by atoms with van der Waals surface area (Å²) in [5.74, 6) is 0.564. The number of anilines is 1. The van der Waals surface area contributed by atoms with E-state index >= 15 is 0 Å². The van der Waals surface area contributed by atoms with Gasteiger partial charge in [0.15, 0.2) is 0 Å². The van der Waals surface area contributed by atoms with E-state index in [2.05, 4.69) is 9.97 Å². The standard InChI is InChI=1S/C18H18N4O2S/c1-24-9-11-3-2-4-12(7-11)18(23)22-6-5-13-14(8-22)25-17-15(13)16(19)20-10-21-17/h2-4,7,10H,5-6,8-9H2,1H3,(H2,19,20,21). The predicted molar refractivity (Wildman–Crippen MR) is 97.4 cm³/mol. The lowest BCUT2D eigenvalue weighted by atomic mass is 10.0. The zero-order valence-corrected chi connectivity index (χ0v) is 14.7. The number of methoxy groups -OCH3 is 1. The number of fused-ring (bicyclic) bond motifs is 3. The van der Waals surface area contributed by atoms with Gasteiger partial charge in [-0.25, -0.2) is 9.97 Å². The topological polar surface area (TPSA) is 81.3 Å². The van der Waals surface area contributed by atoms with Gasteiger partial charge < -0.3 is 15.4 Å². The maximum absolute atomic E-state index is 12.9. The number of carbonyl (C=O) groups excluding carboxylic acids is 1. The molecular formula is C18H18N4O2S. The Morgan fingerprint density at radius 1 is 1.40 bits per heavy atom. The van der Waals surface area contributed by atoms with E-state index in [1.807, 2.05) is 29.2 Å². The normalized spacial score (nSPS) is 13.9. The molecule has 0 saturated carbocycles. The van der Waals surface area contributed by atoms with E-state index in [9.17, 15) is 4.79 Å². The highest BCUT2D eigenvalue weighted by Gasteiger charge is 2.26. The fourth-order valence-corrected chi connectivity index (χ4v) is 4.48. The summed E-state index contributed by atoms with van der Waals surface area (Å²) in [5, 5.41) is 0.955. The average molecular weight is 354 g/mol. The van der Waals surface area contributed by atoms with E-state index in [1.54, 1.807) is 18.4 Å². The molecule has 0 radical (unpaired) electrons. The number of rotatable bonds is 3. The summed E-state index contributed by atoms with van der Waals surface area (Å²) in [6.07, 6.45) is 2.26. The molecule has 0 atom stereocenters. The highest BCUT2D eigenvalue weighted by Crippen LogP contribution is 2.36. The van der Waals surface area contributed by atoms with Gasteiger partial charge in [0.2, 0.25) is 0 Å². The second-order valence-corrected chi connectivity index (χ2v) is 7.14. The molecule has 7 heteroatoms. The van der Waals surface area contributed by atoms with Crippen molar-refractivity contribution >= 4 is 33.3 Å². The van der Waals surface area contributed by atoms with Gasteiger partial charge in [-0.2, -0.15) is 0 Å². The lowest BCUT2D eigenvalue weighted by Gasteiger charge is -2.27. The Morgan fingerprint density at radius 2 is 2.28 bits per heavy atom. The number of nitrogens with two attached hydrogens (primary N) is 1. The van der Waals surface area contributed by atoms with Crippen molar-refractivity contribution in [3.8, 4) is 0 Å². The Bertz CT molecular complexity index is 953. The van der Waals surface area contributed by atoms with Gasteiger partial charge >= 0.3 is 0 Å². The molecule has 3 heterocycles. The number of benzene rings is 1. The Morgan fingerprint density at radius 3 is 3.12 bits per heavy atom. The number of aromatic nitrogens is 2. The Labute approximate surface area is 149 Å². The number of thiophene rings is 1. The first-order valence-electron chi connectivity index (χ1n) is 8.05. The quantitative estimate of drug-likeness (QED) is 0.782. The number of hydrogen-bond donors (Lipinski definition) is 1. The maximum atomic E-state index is 12.9. The molecule has 2 aromatic heterocycles. The van der Waals surface area contributed by atoms with Crippen LogP contribution in [0.25, 0.3) is 10.2 Å². The van der Waals surface area contributed by atoms with Crippen LogP contribution in [0.2, 0.25) is 0 Å². The summed E-state index contributed by atoms with van der Waals surface area (Å²) >= 11 is 1.60. The Hall–Kier alpha value is -2.51. The van der Waals surface area contributed by atoms with Crippen LogP contribution in [0.1, 0.15) is 26.4 Å². The molecule has 1 amide bonds. The van der Waals surface area contributed by atoms with Gasteiger partial charge in [0.05, 0.1) is 18.5 Å². The molecule has 25 heavy (non-hydrogen) atoms. The number of amides is 1. The summed E-state index contributed by atoms with van der Waals surface area (Å²) in [5.41, 5.74) is 8.90. The summed E-state index contributed by atoms with van der Waals surface area (Å²) in [7, 11) is 1.65. The summed E-state index contributed by atoms with van der Waals surface area (Å²) in [4.78, 5) is 25.2. The third-order valence-electron chi connectivity index (χ3n) is 4.44. The second kappa shape index (κ2) is 6.42. The third-order valence-corrected chi connectivity index (χ3v) is 5.56. The van der Waals surface area contributed by atoms with Gasteiger partial charge in [-0.3, -0.25) is 4.79 Å². The van der Waals surface area contributed by atoms with Gasteiger partial charge in [-0.05, 0) is 29.7 Å². The molecule has 0 aliphatic carbocycles. The van der Waals surface area contributed by atoms with Gasteiger partial charge in [0.1, 0.15) is 17.0 Å². The molecule has 1 aromatic carbocycles. The fraction of sp³-hybridized carbons (Fsp3) is 0.278. The first-order chi connectivity index (χ1) is 12.2. The van der Waals surface area contributed by atoms with Gasteiger partial charge in [-0.1, -0.05) is 12.1 Å². The molecule has 2 N–H and O–H groups in total. The van der Waals surface area contributed by atoms with Crippen molar-refractivity contribution < 1.29 is 9.53 Å². The van der Waals surface area contributed by atoms with Crippen LogP contribution in [0, 0.1) is 0 Å². The molecule has 3 aromatic rings. The van der Waals surface area contributed by atoms with Crippen molar-refractivity contribution in [2.45, 2.75) is 19.6 Å². The SMILES string of the molecule is COCc1cccc(C(=O)N2CCc3c(sc4ncnc(N)c34)C2)c1. The third kappa shape index (κ3) is 2.85. The summed E-state index contributed by atoms with van der Waals surface area (Å²) in [6, 6.07) is 7.61. The van der Waals surface area contributed by atoms with Crippen LogP contribution in [-0.2, 0) is 24.3 Å². The second-order valence-electron chi connectivity index (χ2n) is 6.05. The lowest BCUT2D eigenvalue weighted by Crippen LogP contribution is -2.35. The van der Waals surface area contributed by atoms with Gasteiger partial charge in [0.25, 0.3) is 5.91 Å². The summed E-state index contributed by atoms with van der Waals surface area (Å²) < 4.78 is 5.15. The van der Waals surface area contributed by atoms with Crippen LogP contribution in [0.5, 0.6) is 0 Å². The highest BCUT2D eigenvalue weighted by atomic mass is 32.1. The molecule has 0 unspecified atom stereocenters. The zero-order chi connectivity index (χ0) is 17.4. The number of hydrogen-bond acceptors (Lipinski definition) is 6. The molecule has 0 saturated heterocycles. The van der Waals surface area contributed by atoms with E-state index in [0.29, 0.717) is 31.1 Å². The minimum absolute atomic E-state index is 0.0418. The molecule has 0 fully saturated rings. The van der Waals surface area contributed by atoms with Crippen LogP contribution in [0.15, 0.2) is 30.6 Å². The van der Waals surface area contributed by atoms with E-state index in [4.69, 9.17) is 10.5 Å². The van der Waals surface area contributed by atoms with Crippen LogP contribution in [0.3, 0.4) is 0 Å². The molecule has 4 rings (SSSR count). The number of ether oxygens (including phenoxy) is 1. The van der Waals surface area contributed by atoms with Gasteiger partial charge in [-0.15, -0.1) is 11.3 Å². The van der Waals surface area contributed by atoms with E-state index in [0.717, 1.165) is 27.1 Å². The fourth-order valence-electron chi connectivity index (χ4n) is 3.27. The smallest absolute Gasteiger partial charge is 0.254 e. The van der Waals surface area contributed by atoms with Crippen molar-refractivity contribution in [1.29, 1.82) is 0 Å². The molecule has 1 aliphatic heterocycles. The first kappa shape index (κ1) is 16.0. The summed E-state index contributed by atoms with van der Waals surface area (Å²) in [6.45, 7) is 1.75. The minimum atomic E-state index is 0.0418. The molecule has 1 aliphatic rings. The van der Waals surface area contributed by atoms with Crippen molar-refractivity contribution in [3.63, 3.8) is 0 Å². The monoisotopic (exact) mass is 354 g/mol. The number of nitrogen functional groups attached to an aromatic ring is 1. The molecular weight excluding hydrogens is 336 g/mol. The largest absolute Gasteiger partial charge is 0.383 e. The minimum Gasteiger partial charge on any atom is -0.383 e. The lowest BCUT2D eigenvalue weighted by molar-refractivity contribution is 0.0737. The molecule has 0 bridgehead atoms. The van der Waals surface area contributed by atoms with E-state index < -0.39 is 0 Å². The molecule has 6 nitrogen and oxygen atoms in total. The van der Waals surface area contributed by atoms with Crippen molar-refractivity contribution in [2.24, 2.45) is 0 Å². The van der Waals surface area contributed by atoms with E-state index in [1.165, 1.54) is 11.9 Å². The predicted octanol–water partition coefficient (Wildman–Crippen LogP) is 2.62. The van der Waals surface area contributed by atoms with Gasteiger partial charge in [0, 0.05) is 24.1 Å². The van der Waals surface area contributed by atoms with Crippen LogP contribution in [0.4, 0.5) is 5.82 Å². The van der Waals surface area contributed by atoms with Crippen molar-refractivity contribution in [3.05, 3.63) is 52.2 Å². The molecule has 128 valence electrons. The number of nitrogens with zero attached hydrogens (tertiary/aromatic N) is 3. The maximum Gasteiger partial charge on any atom is 0.254 e. The van der Waals surface area contributed by atoms with E-state index in [-0.39, 0.29) is 5.91 Å². The van der Waals surface area contributed by atoms with Crippen LogP contribution < -0.4 is 5.73 Å².